The Morgan fingerprint density at radius 1 is 1.33 bits per heavy atom. The molecule has 1 unspecified atom stereocenters. The van der Waals surface area contributed by atoms with Gasteiger partial charge in [-0.25, -0.2) is 0 Å². The van der Waals surface area contributed by atoms with Crippen LogP contribution in [0.2, 0.25) is 0 Å². The molecule has 0 saturated carbocycles. The van der Waals surface area contributed by atoms with Gasteiger partial charge in [0, 0.05) is 19.6 Å². The summed E-state index contributed by atoms with van der Waals surface area (Å²) in [4.78, 5) is 23.2. The minimum atomic E-state index is -0.319. The lowest BCUT2D eigenvalue weighted by Gasteiger charge is -2.27. The van der Waals surface area contributed by atoms with Crippen molar-refractivity contribution >= 4 is 11.8 Å². The van der Waals surface area contributed by atoms with Crippen molar-refractivity contribution in [1.29, 1.82) is 0 Å². The van der Waals surface area contributed by atoms with E-state index in [9.17, 15) is 9.59 Å². The largest absolute Gasteiger partial charge is 0.354 e. The average molecular weight is 211 g/mol. The summed E-state index contributed by atoms with van der Waals surface area (Å²) in [6.07, 6.45) is 2.76. The van der Waals surface area contributed by atoms with Gasteiger partial charge >= 0.3 is 0 Å². The SMILES string of the molecule is O=C(NC1CCCCNC1=O)C1CNC1. The molecule has 0 bridgehead atoms. The summed E-state index contributed by atoms with van der Waals surface area (Å²) < 4.78 is 0. The summed E-state index contributed by atoms with van der Waals surface area (Å²) in [6, 6.07) is -0.319. The monoisotopic (exact) mass is 211 g/mol. The molecule has 0 aromatic rings. The lowest BCUT2D eigenvalue weighted by molar-refractivity contribution is -0.131. The first-order valence-corrected chi connectivity index (χ1v) is 5.56. The molecule has 0 spiro atoms. The molecule has 2 heterocycles. The lowest BCUT2D eigenvalue weighted by atomic mass is 10.0. The van der Waals surface area contributed by atoms with Crippen molar-refractivity contribution in [1.82, 2.24) is 16.0 Å². The summed E-state index contributed by atoms with van der Waals surface area (Å²) in [5, 5.41) is 8.67. The zero-order chi connectivity index (χ0) is 10.7. The second-order valence-corrected chi connectivity index (χ2v) is 4.20. The molecule has 5 heteroatoms. The third-order valence-corrected chi connectivity index (χ3v) is 3.00. The van der Waals surface area contributed by atoms with Crippen LogP contribution in [0.15, 0.2) is 0 Å². The van der Waals surface area contributed by atoms with Crippen LogP contribution in [0.4, 0.5) is 0 Å². The van der Waals surface area contributed by atoms with E-state index in [1.54, 1.807) is 0 Å². The van der Waals surface area contributed by atoms with Crippen molar-refractivity contribution in [2.24, 2.45) is 5.92 Å². The smallest absolute Gasteiger partial charge is 0.242 e. The van der Waals surface area contributed by atoms with Gasteiger partial charge in [-0.05, 0) is 19.3 Å². The molecule has 0 aliphatic carbocycles. The van der Waals surface area contributed by atoms with Gasteiger partial charge in [0.25, 0.3) is 0 Å². The molecule has 15 heavy (non-hydrogen) atoms. The Bertz CT molecular complexity index is 263. The predicted molar refractivity (Wildman–Crippen MR) is 55.2 cm³/mol. The zero-order valence-corrected chi connectivity index (χ0v) is 8.71. The van der Waals surface area contributed by atoms with Gasteiger partial charge in [0.05, 0.1) is 5.92 Å². The van der Waals surface area contributed by atoms with Gasteiger partial charge in [-0.2, -0.15) is 0 Å². The third kappa shape index (κ3) is 2.47. The molecule has 0 aromatic heterocycles. The molecule has 5 nitrogen and oxygen atoms in total. The highest BCUT2D eigenvalue weighted by Gasteiger charge is 2.29. The summed E-state index contributed by atoms with van der Waals surface area (Å²) in [5.74, 6) is 0.0324. The van der Waals surface area contributed by atoms with Crippen molar-refractivity contribution in [2.45, 2.75) is 25.3 Å². The Morgan fingerprint density at radius 2 is 2.13 bits per heavy atom. The fourth-order valence-corrected chi connectivity index (χ4v) is 1.84. The second kappa shape index (κ2) is 4.61. The van der Waals surface area contributed by atoms with Gasteiger partial charge < -0.3 is 16.0 Å². The number of carbonyl (C=O) groups excluding carboxylic acids is 2. The highest BCUT2D eigenvalue weighted by atomic mass is 16.2. The number of carbonyl (C=O) groups is 2. The Morgan fingerprint density at radius 3 is 2.80 bits per heavy atom. The van der Waals surface area contributed by atoms with E-state index in [1.807, 2.05) is 0 Å². The molecule has 2 saturated heterocycles. The van der Waals surface area contributed by atoms with Gasteiger partial charge in [0.15, 0.2) is 0 Å². The highest BCUT2D eigenvalue weighted by Crippen LogP contribution is 2.08. The van der Waals surface area contributed by atoms with Crippen LogP contribution >= 0.6 is 0 Å². The Hall–Kier alpha value is -1.10. The van der Waals surface area contributed by atoms with Crippen LogP contribution in [0.5, 0.6) is 0 Å². The fourth-order valence-electron chi connectivity index (χ4n) is 1.84. The topological polar surface area (TPSA) is 70.2 Å². The van der Waals surface area contributed by atoms with E-state index in [0.717, 1.165) is 38.9 Å². The van der Waals surface area contributed by atoms with Crippen LogP contribution < -0.4 is 16.0 Å². The molecular weight excluding hydrogens is 194 g/mol. The maximum atomic E-state index is 11.6. The highest BCUT2D eigenvalue weighted by molar-refractivity contribution is 5.89. The normalized spacial score (nSPS) is 27.5. The van der Waals surface area contributed by atoms with Gasteiger partial charge in [0.1, 0.15) is 6.04 Å². The second-order valence-electron chi connectivity index (χ2n) is 4.20. The van der Waals surface area contributed by atoms with Crippen LogP contribution in [0, 0.1) is 5.92 Å². The van der Waals surface area contributed by atoms with Crippen LogP contribution in [-0.4, -0.2) is 37.5 Å². The van der Waals surface area contributed by atoms with Gasteiger partial charge in [0.2, 0.25) is 11.8 Å². The van der Waals surface area contributed by atoms with Crippen LogP contribution in [0.3, 0.4) is 0 Å². The van der Waals surface area contributed by atoms with Gasteiger partial charge in [-0.3, -0.25) is 9.59 Å². The molecular formula is C10H17N3O2. The van der Waals surface area contributed by atoms with E-state index in [0.29, 0.717) is 0 Å². The quantitative estimate of drug-likeness (QED) is 0.548. The summed E-state index contributed by atoms with van der Waals surface area (Å²) in [5.41, 5.74) is 0. The van der Waals surface area contributed by atoms with Crippen molar-refractivity contribution < 1.29 is 9.59 Å². The van der Waals surface area contributed by atoms with E-state index in [4.69, 9.17) is 0 Å². The summed E-state index contributed by atoms with van der Waals surface area (Å²) in [7, 11) is 0. The van der Waals surface area contributed by atoms with Crippen molar-refractivity contribution in [3.8, 4) is 0 Å². The van der Waals surface area contributed by atoms with E-state index >= 15 is 0 Å². The number of nitrogens with one attached hydrogen (secondary N) is 3. The Labute approximate surface area is 89.0 Å². The first-order valence-electron chi connectivity index (χ1n) is 5.56. The fraction of sp³-hybridized carbons (Fsp3) is 0.800. The molecule has 3 N–H and O–H groups in total. The summed E-state index contributed by atoms with van der Waals surface area (Å²) >= 11 is 0. The Kier molecular flexibility index (Phi) is 3.20. The number of hydrogen-bond donors (Lipinski definition) is 3. The maximum Gasteiger partial charge on any atom is 0.242 e. The zero-order valence-electron chi connectivity index (χ0n) is 8.71. The van der Waals surface area contributed by atoms with Crippen LogP contribution in [-0.2, 0) is 9.59 Å². The maximum absolute atomic E-state index is 11.6. The molecule has 2 fully saturated rings. The molecule has 84 valence electrons. The van der Waals surface area contributed by atoms with Crippen LogP contribution in [0.1, 0.15) is 19.3 Å². The van der Waals surface area contributed by atoms with E-state index in [-0.39, 0.29) is 23.8 Å². The predicted octanol–water partition coefficient (Wildman–Crippen LogP) is -1.01. The molecule has 0 radical (unpaired) electrons. The van der Waals surface area contributed by atoms with Crippen molar-refractivity contribution in [3.05, 3.63) is 0 Å². The Balaban J connectivity index is 1.85. The van der Waals surface area contributed by atoms with E-state index < -0.39 is 0 Å². The first kappa shape index (κ1) is 10.4. The van der Waals surface area contributed by atoms with E-state index in [1.165, 1.54) is 0 Å². The molecule has 1 atom stereocenters. The molecule has 0 aromatic carbocycles. The lowest BCUT2D eigenvalue weighted by Crippen LogP contribution is -2.55. The molecule has 2 aliphatic heterocycles. The average Bonchev–Trinajstić information content (AvgIpc) is 2.29. The molecule has 2 rings (SSSR count). The first-order chi connectivity index (χ1) is 7.27. The third-order valence-electron chi connectivity index (χ3n) is 3.00. The van der Waals surface area contributed by atoms with Crippen molar-refractivity contribution in [2.75, 3.05) is 19.6 Å². The van der Waals surface area contributed by atoms with Crippen LogP contribution in [0.25, 0.3) is 0 Å². The van der Waals surface area contributed by atoms with Gasteiger partial charge in [-0.15, -0.1) is 0 Å². The molecule has 2 aliphatic rings. The minimum Gasteiger partial charge on any atom is -0.354 e. The van der Waals surface area contributed by atoms with E-state index in [2.05, 4.69) is 16.0 Å². The standard InChI is InChI=1S/C10H17N3O2/c14-9(7-5-11-6-7)13-8-3-1-2-4-12-10(8)15/h7-8,11H,1-6H2,(H,12,15)(H,13,14). The molecule has 2 amide bonds. The number of rotatable bonds is 2. The minimum absolute atomic E-state index is 0.0100. The van der Waals surface area contributed by atoms with Gasteiger partial charge in [-0.1, -0.05) is 0 Å². The number of amides is 2. The van der Waals surface area contributed by atoms with Crippen molar-refractivity contribution in [3.63, 3.8) is 0 Å². The number of hydrogen-bond acceptors (Lipinski definition) is 3. The summed E-state index contributed by atoms with van der Waals surface area (Å²) in [6.45, 7) is 2.20.